The number of hydrogen-bond acceptors (Lipinski definition) is 7. The summed E-state index contributed by atoms with van der Waals surface area (Å²) in [7, 11) is 0. The van der Waals surface area contributed by atoms with Gasteiger partial charge in [-0.2, -0.15) is 21.0 Å². The van der Waals surface area contributed by atoms with Crippen molar-refractivity contribution in [1.82, 2.24) is 24.1 Å². The van der Waals surface area contributed by atoms with Gasteiger partial charge in [-0.3, -0.25) is 0 Å². The number of rotatable bonds is 8. The van der Waals surface area contributed by atoms with Gasteiger partial charge >= 0.3 is 0 Å². The Morgan fingerprint density at radius 1 is 0.289 bits per heavy atom. The molecule has 9 heteroatoms. The molecule has 0 N–H and O–H groups in total. The minimum Gasteiger partial charge on any atom is -0.309 e. The van der Waals surface area contributed by atoms with Crippen LogP contribution in [0.15, 0.2) is 224 Å². The summed E-state index contributed by atoms with van der Waals surface area (Å²) >= 11 is 0. The highest BCUT2D eigenvalue weighted by Crippen LogP contribution is 2.44. The van der Waals surface area contributed by atoms with E-state index in [-0.39, 0.29) is 0 Å². The fourth-order valence-corrected chi connectivity index (χ4v) is 10.6. The molecule has 0 spiro atoms. The first-order valence-corrected chi connectivity index (χ1v) is 24.6. The molecule has 9 nitrogen and oxygen atoms in total. The molecule has 0 aliphatic heterocycles. The molecule has 76 heavy (non-hydrogen) atoms. The number of fused-ring (bicyclic) bond motifs is 6. The van der Waals surface area contributed by atoms with Crippen molar-refractivity contribution in [2.45, 2.75) is 0 Å². The Balaban J connectivity index is 1.16. The van der Waals surface area contributed by atoms with Crippen molar-refractivity contribution in [2.75, 3.05) is 0 Å². The average molecular weight is 968 g/mol. The highest BCUT2D eigenvalue weighted by Gasteiger charge is 2.24. The van der Waals surface area contributed by atoms with E-state index in [9.17, 15) is 21.0 Å². The highest BCUT2D eigenvalue weighted by molar-refractivity contribution is 6.15. The monoisotopic (exact) mass is 967 g/mol. The molecular weight excluding hydrogens is 931 g/mol. The van der Waals surface area contributed by atoms with Crippen LogP contribution in [0.25, 0.3) is 123 Å². The third-order valence-electron chi connectivity index (χ3n) is 14.0. The normalized spacial score (nSPS) is 11.1. The summed E-state index contributed by atoms with van der Waals surface area (Å²) in [5, 5.41) is 44.4. The van der Waals surface area contributed by atoms with Crippen molar-refractivity contribution in [3.8, 4) is 103 Å². The molecular formula is C67H37N9. The van der Waals surface area contributed by atoms with Crippen molar-refractivity contribution >= 4 is 43.6 Å². The van der Waals surface area contributed by atoms with E-state index in [4.69, 9.17) is 15.0 Å². The SMILES string of the molecule is N#Cc1cc(C#N)cc(-c2ccc3c4ccc(-c5cc(C#N)cc(C#N)c5)cc4n(-c4ccc(-c5cccc6c7ccccc7n(-c7ccccc7)c56)cc4-c4nc(-c5ccccc5)nc(-c5ccccc5)n4)c3c2)c1. The van der Waals surface area contributed by atoms with Crippen LogP contribution in [0.1, 0.15) is 22.3 Å². The maximum absolute atomic E-state index is 10.1. The third-order valence-corrected chi connectivity index (χ3v) is 14.0. The van der Waals surface area contributed by atoms with Crippen LogP contribution in [0.4, 0.5) is 0 Å². The number of para-hydroxylation sites is 3. The van der Waals surface area contributed by atoms with Crippen molar-refractivity contribution in [3.05, 3.63) is 247 Å². The standard InChI is InChI=1S/C67H37N9/c68-38-42-29-43(39-69)32-51(31-42)48-23-26-56-57-27-24-49(52-33-44(40-70)30-45(34-52)41-71)37-63(57)76(62(56)36-48)61-28-25-50(54-20-12-21-58-55-19-10-11-22-60(55)75(64(54)58)53-17-8-3-9-18-53)35-59(61)67-73-65(46-13-4-1-5-14-46)72-66(74-67)47-15-6-2-7-16-47/h1-37H. The van der Waals surface area contributed by atoms with Crippen LogP contribution >= 0.6 is 0 Å². The lowest BCUT2D eigenvalue weighted by molar-refractivity contribution is 1.06. The lowest BCUT2D eigenvalue weighted by atomic mass is 9.98. The van der Waals surface area contributed by atoms with Gasteiger partial charge in [0.25, 0.3) is 0 Å². The molecule has 13 aromatic rings. The Hall–Kier alpha value is -11.2. The number of nitriles is 4. The molecule has 0 aliphatic rings. The van der Waals surface area contributed by atoms with E-state index in [1.54, 1.807) is 36.4 Å². The second-order valence-electron chi connectivity index (χ2n) is 18.5. The summed E-state index contributed by atoms with van der Waals surface area (Å²) in [4.78, 5) is 15.8. The number of aromatic nitrogens is 5. The summed E-state index contributed by atoms with van der Waals surface area (Å²) in [5.74, 6) is 1.47. The zero-order valence-electron chi connectivity index (χ0n) is 40.4. The van der Waals surface area contributed by atoms with Gasteiger partial charge in [-0.1, -0.05) is 146 Å². The first-order chi connectivity index (χ1) is 37.5. The summed E-state index contributed by atoms with van der Waals surface area (Å²) in [5.41, 5.74) is 14.6. The zero-order chi connectivity index (χ0) is 51.3. The largest absolute Gasteiger partial charge is 0.309 e. The number of hydrogen-bond donors (Lipinski definition) is 0. The summed E-state index contributed by atoms with van der Waals surface area (Å²) < 4.78 is 4.57. The van der Waals surface area contributed by atoms with Crippen LogP contribution in [0.2, 0.25) is 0 Å². The summed E-state index contributed by atoms with van der Waals surface area (Å²) in [6.45, 7) is 0. The van der Waals surface area contributed by atoms with Crippen LogP contribution in [-0.2, 0) is 0 Å². The van der Waals surface area contributed by atoms with Crippen molar-refractivity contribution < 1.29 is 0 Å². The van der Waals surface area contributed by atoms with Crippen LogP contribution in [0, 0.1) is 45.3 Å². The van der Waals surface area contributed by atoms with E-state index in [0.717, 1.165) is 105 Å². The fraction of sp³-hybridized carbons (Fsp3) is 0. The quantitative estimate of drug-likeness (QED) is 0.147. The molecule has 350 valence electrons. The minimum absolute atomic E-state index is 0.383. The highest BCUT2D eigenvalue weighted by atomic mass is 15.1. The second kappa shape index (κ2) is 18.4. The lowest BCUT2D eigenvalue weighted by Crippen LogP contribution is -2.04. The predicted octanol–water partition coefficient (Wildman–Crippen LogP) is 15.6. The Kier molecular flexibility index (Phi) is 10.8. The molecule has 13 rings (SSSR count). The Morgan fingerprint density at radius 2 is 0.750 bits per heavy atom. The molecule has 0 bridgehead atoms. The minimum atomic E-state index is 0.383. The molecule has 0 saturated heterocycles. The number of nitrogens with zero attached hydrogens (tertiary/aromatic N) is 9. The van der Waals surface area contributed by atoms with Crippen LogP contribution < -0.4 is 0 Å². The molecule has 0 amide bonds. The van der Waals surface area contributed by atoms with Gasteiger partial charge in [-0.25, -0.2) is 15.0 Å². The first-order valence-electron chi connectivity index (χ1n) is 24.6. The predicted molar refractivity (Wildman–Crippen MR) is 300 cm³/mol. The van der Waals surface area contributed by atoms with Gasteiger partial charge in [-0.05, 0) is 107 Å². The molecule has 0 fully saturated rings. The molecule has 0 atom stereocenters. The first kappa shape index (κ1) is 44.7. The van der Waals surface area contributed by atoms with E-state index in [0.29, 0.717) is 39.7 Å². The van der Waals surface area contributed by atoms with Crippen LogP contribution in [-0.4, -0.2) is 24.1 Å². The fourth-order valence-electron chi connectivity index (χ4n) is 10.6. The van der Waals surface area contributed by atoms with E-state index in [2.05, 4.69) is 143 Å². The van der Waals surface area contributed by atoms with Crippen molar-refractivity contribution in [1.29, 1.82) is 21.0 Å². The molecule has 0 radical (unpaired) electrons. The number of benzene rings is 10. The van der Waals surface area contributed by atoms with Crippen molar-refractivity contribution in [2.24, 2.45) is 0 Å². The average Bonchev–Trinajstić information content (AvgIpc) is 4.04. The topological polar surface area (TPSA) is 144 Å². The van der Waals surface area contributed by atoms with E-state index in [1.807, 2.05) is 78.9 Å². The zero-order valence-corrected chi connectivity index (χ0v) is 40.4. The molecule has 0 saturated carbocycles. The summed E-state index contributed by atoms with van der Waals surface area (Å²) in [6, 6.07) is 83.5. The second-order valence-corrected chi connectivity index (χ2v) is 18.5. The molecule has 3 heterocycles. The lowest BCUT2D eigenvalue weighted by Gasteiger charge is -2.18. The van der Waals surface area contributed by atoms with Gasteiger partial charge < -0.3 is 9.13 Å². The van der Waals surface area contributed by atoms with Gasteiger partial charge in [0.05, 0.1) is 74.3 Å². The van der Waals surface area contributed by atoms with Gasteiger partial charge in [0.2, 0.25) is 0 Å². The van der Waals surface area contributed by atoms with Gasteiger partial charge in [-0.15, -0.1) is 0 Å². The molecule has 3 aromatic heterocycles. The van der Waals surface area contributed by atoms with Gasteiger partial charge in [0.1, 0.15) is 0 Å². The Labute approximate surface area is 436 Å². The van der Waals surface area contributed by atoms with E-state index in [1.165, 1.54) is 0 Å². The van der Waals surface area contributed by atoms with E-state index < -0.39 is 0 Å². The smallest absolute Gasteiger partial charge is 0.166 e. The van der Waals surface area contributed by atoms with Crippen molar-refractivity contribution in [3.63, 3.8) is 0 Å². The molecule has 10 aromatic carbocycles. The Morgan fingerprint density at radius 3 is 1.29 bits per heavy atom. The van der Waals surface area contributed by atoms with Gasteiger partial charge in [0.15, 0.2) is 17.5 Å². The van der Waals surface area contributed by atoms with E-state index >= 15 is 0 Å². The maximum atomic E-state index is 10.1. The van der Waals surface area contributed by atoms with Crippen LogP contribution in [0.5, 0.6) is 0 Å². The van der Waals surface area contributed by atoms with Crippen LogP contribution in [0.3, 0.4) is 0 Å². The summed E-state index contributed by atoms with van der Waals surface area (Å²) in [6.07, 6.45) is 0. The van der Waals surface area contributed by atoms with Gasteiger partial charge in [0, 0.05) is 49.5 Å². The maximum Gasteiger partial charge on any atom is 0.166 e. The molecule has 0 aliphatic carbocycles. The third kappa shape index (κ3) is 7.66. The Bertz CT molecular complexity index is 4420. The molecule has 0 unspecified atom stereocenters.